The summed E-state index contributed by atoms with van der Waals surface area (Å²) in [5.41, 5.74) is 0.203. The van der Waals surface area contributed by atoms with Crippen molar-refractivity contribution in [3.8, 4) is 0 Å². The molecule has 0 radical (unpaired) electrons. The van der Waals surface area contributed by atoms with Gasteiger partial charge in [0, 0.05) is 18.5 Å². The van der Waals surface area contributed by atoms with Crippen LogP contribution >= 0.6 is 0 Å². The number of nitrogens with zero attached hydrogens (tertiary/aromatic N) is 3. The lowest BCUT2D eigenvalue weighted by Crippen LogP contribution is -2.44. The minimum absolute atomic E-state index is 0.203. The summed E-state index contributed by atoms with van der Waals surface area (Å²) >= 11 is 0. The maximum absolute atomic E-state index is 4.42. The molecular formula is C13H24N4. The summed E-state index contributed by atoms with van der Waals surface area (Å²) in [6, 6.07) is 0. The van der Waals surface area contributed by atoms with Crippen LogP contribution in [0.2, 0.25) is 0 Å². The molecule has 0 spiro atoms. The monoisotopic (exact) mass is 236 g/mol. The number of nitrogens with one attached hydrogen (secondary N) is 1. The zero-order valence-electron chi connectivity index (χ0n) is 11.1. The molecule has 1 fully saturated rings. The molecule has 4 nitrogen and oxygen atoms in total. The summed E-state index contributed by atoms with van der Waals surface area (Å²) in [6.45, 7) is 6.62. The van der Waals surface area contributed by atoms with Crippen molar-refractivity contribution in [2.75, 3.05) is 6.54 Å². The Morgan fingerprint density at radius 2 is 2.29 bits per heavy atom. The number of rotatable bonds is 4. The summed E-state index contributed by atoms with van der Waals surface area (Å²) in [7, 11) is 0. The SMILES string of the molecule is CCCn1ncnc1CC1(C)CCCCCN1. The van der Waals surface area contributed by atoms with Crippen LogP contribution in [-0.4, -0.2) is 26.8 Å². The molecule has 0 amide bonds. The summed E-state index contributed by atoms with van der Waals surface area (Å²) in [4.78, 5) is 4.42. The van der Waals surface area contributed by atoms with E-state index in [9.17, 15) is 0 Å². The van der Waals surface area contributed by atoms with E-state index >= 15 is 0 Å². The second-order valence-electron chi connectivity index (χ2n) is 5.37. The third-order valence-corrected chi connectivity index (χ3v) is 3.64. The van der Waals surface area contributed by atoms with E-state index in [1.54, 1.807) is 6.33 Å². The van der Waals surface area contributed by atoms with Crippen LogP contribution in [0.15, 0.2) is 6.33 Å². The van der Waals surface area contributed by atoms with Crippen LogP contribution in [0.5, 0.6) is 0 Å². The molecule has 0 saturated carbocycles. The number of aromatic nitrogens is 3. The quantitative estimate of drug-likeness (QED) is 0.871. The Bertz CT molecular complexity index is 337. The fourth-order valence-electron chi connectivity index (χ4n) is 2.62. The molecule has 4 heteroatoms. The highest BCUT2D eigenvalue weighted by Gasteiger charge is 2.27. The largest absolute Gasteiger partial charge is 0.311 e. The highest BCUT2D eigenvalue weighted by molar-refractivity contribution is 4.97. The fourth-order valence-corrected chi connectivity index (χ4v) is 2.62. The van der Waals surface area contributed by atoms with Gasteiger partial charge in [0.1, 0.15) is 12.2 Å². The molecule has 0 bridgehead atoms. The molecule has 96 valence electrons. The summed E-state index contributed by atoms with van der Waals surface area (Å²) in [6.07, 6.45) is 9.01. The Hall–Kier alpha value is -0.900. The molecule has 17 heavy (non-hydrogen) atoms. The molecule has 1 saturated heterocycles. The Morgan fingerprint density at radius 3 is 3.12 bits per heavy atom. The van der Waals surface area contributed by atoms with Crippen LogP contribution in [0, 0.1) is 0 Å². The second-order valence-corrected chi connectivity index (χ2v) is 5.37. The molecule has 1 aliphatic rings. The van der Waals surface area contributed by atoms with E-state index in [0.717, 1.165) is 31.8 Å². The van der Waals surface area contributed by atoms with Crippen LogP contribution < -0.4 is 5.32 Å². The molecular weight excluding hydrogens is 212 g/mol. The van der Waals surface area contributed by atoms with E-state index in [-0.39, 0.29) is 5.54 Å². The predicted octanol–water partition coefficient (Wildman–Crippen LogP) is 2.15. The first kappa shape index (κ1) is 12.6. The molecule has 0 aliphatic carbocycles. The maximum atomic E-state index is 4.42. The molecule has 1 aromatic heterocycles. The Kier molecular flexibility index (Phi) is 4.15. The van der Waals surface area contributed by atoms with E-state index in [1.807, 2.05) is 0 Å². The lowest BCUT2D eigenvalue weighted by Gasteiger charge is -2.29. The Balaban J connectivity index is 2.04. The van der Waals surface area contributed by atoms with E-state index in [0.29, 0.717) is 0 Å². The molecule has 1 aromatic rings. The summed E-state index contributed by atoms with van der Waals surface area (Å²) < 4.78 is 2.05. The van der Waals surface area contributed by atoms with E-state index in [2.05, 4.69) is 33.9 Å². The predicted molar refractivity (Wildman–Crippen MR) is 68.9 cm³/mol. The highest BCUT2D eigenvalue weighted by Crippen LogP contribution is 2.22. The van der Waals surface area contributed by atoms with E-state index in [1.165, 1.54) is 25.7 Å². The third-order valence-electron chi connectivity index (χ3n) is 3.64. The first-order valence-corrected chi connectivity index (χ1v) is 6.85. The first-order valence-electron chi connectivity index (χ1n) is 6.85. The van der Waals surface area contributed by atoms with Crippen molar-refractivity contribution >= 4 is 0 Å². The van der Waals surface area contributed by atoms with Crippen molar-refractivity contribution < 1.29 is 0 Å². The standard InChI is InChI=1S/C13H24N4/c1-3-9-17-12(14-11-16-17)10-13(2)7-5-4-6-8-15-13/h11,15H,3-10H2,1-2H3. The van der Waals surface area contributed by atoms with E-state index < -0.39 is 0 Å². The average Bonchev–Trinajstić information content (AvgIpc) is 2.60. The van der Waals surface area contributed by atoms with Crippen LogP contribution in [-0.2, 0) is 13.0 Å². The molecule has 2 rings (SSSR count). The normalized spacial score (nSPS) is 25.8. The summed E-state index contributed by atoms with van der Waals surface area (Å²) in [5.74, 6) is 1.13. The van der Waals surface area contributed by atoms with Gasteiger partial charge in [-0.1, -0.05) is 19.8 Å². The van der Waals surface area contributed by atoms with Gasteiger partial charge in [-0.05, 0) is 32.7 Å². The van der Waals surface area contributed by atoms with Gasteiger partial charge in [-0.3, -0.25) is 4.68 Å². The fraction of sp³-hybridized carbons (Fsp3) is 0.846. The van der Waals surface area contributed by atoms with Gasteiger partial charge >= 0.3 is 0 Å². The van der Waals surface area contributed by atoms with Crippen molar-refractivity contribution in [1.29, 1.82) is 0 Å². The minimum atomic E-state index is 0.203. The molecule has 1 atom stereocenters. The van der Waals surface area contributed by atoms with Gasteiger partial charge in [-0.25, -0.2) is 4.98 Å². The molecule has 0 aromatic carbocycles. The lowest BCUT2D eigenvalue weighted by atomic mass is 9.92. The van der Waals surface area contributed by atoms with Crippen LogP contribution in [0.3, 0.4) is 0 Å². The van der Waals surface area contributed by atoms with Gasteiger partial charge in [0.2, 0.25) is 0 Å². The van der Waals surface area contributed by atoms with Gasteiger partial charge in [-0.15, -0.1) is 0 Å². The second kappa shape index (κ2) is 5.63. The van der Waals surface area contributed by atoms with Crippen molar-refractivity contribution in [2.24, 2.45) is 0 Å². The highest BCUT2D eigenvalue weighted by atomic mass is 15.3. The molecule has 1 aliphatic heterocycles. The van der Waals surface area contributed by atoms with Gasteiger partial charge in [-0.2, -0.15) is 5.10 Å². The Labute approximate surface area is 104 Å². The van der Waals surface area contributed by atoms with Crippen molar-refractivity contribution in [2.45, 2.75) is 64.5 Å². The lowest BCUT2D eigenvalue weighted by molar-refractivity contribution is 0.332. The van der Waals surface area contributed by atoms with Gasteiger partial charge < -0.3 is 5.32 Å². The van der Waals surface area contributed by atoms with Crippen molar-refractivity contribution in [3.05, 3.63) is 12.2 Å². The average molecular weight is 236 g/mol. The van der Waals surface area contributed by atoms with Crippen LogP contribution in [0.1, 0.15) is 51.8 Å². The molecule has 2 heterocycles. The van der Waals surface area contributed by atoms with E-state index in [4.69, 9.17) is 0 Å². The zero-order chi connectivity index (χ0) is 12.1. The van der Waals surface area contributed by atoms with Crippen LogP contribution in [0.25, 0.3) is 0 Å². The summed E-state index contributed by atoms with van der Waals surface area (Å²) in [5, 5.41) is 7.99. The smallest absolute Gasteiger partial charge is 0.138 e. The Morgan fingerprint density at radius 1 is 1.41 bits per heavy atom. The van der Waals surface area contributed by atoms with Gasteiger partial charge in [0.25, 0.3) is 0 Å². The van der Waals surface area contributed by atoms with Gasteiger partial charge in [0.15, 0.2) is 0 Å². The number of hydrogen-bond acceptors (Lipinski definition) is 3. The zero-order valence-corrected chi connectivity index (χ0v) is 11.1. The van der Waals surface area contributed by atoms with Crippen molar-refractivity contribution in [1.82, 2.24) is 20.1 Å². The molecule has 1 unspecified atom stereocenters. The minimum Gasteiger partial charge on any atom is -0.311 e. The number of aryl methyl sites for hydroxylation is 1. The molecule has 1 N–H and O–H groups in total. The maximum Gasteiger partial charge on any atom is 0.138 e. The number of hydrogen-bond donors (Lipinski definition) is 1. The van der Waals surface area contributed by atoms with Gasteiger partial charge in [0.05, 0.1) is 0 Å². The topological polar surface area (TPSA) is 42.7 Å². The first-order chi connectivity index (χ1) is 8.23. The van der Waals surface area contributed by atoms with Crippen molar-refractivity contribution in [3.63, 3.8) is 0 Å². The third kappa shape index (κ3) is 3.28. The van der Waals surface area contributed by atoms with Crippen LogP contribution in [0.4, 0.5) is 0 Å².